The van der Waals surface area contributed by atoms with Crippen molar-refractivity contribution in [1.29, 1.82) is 0 Å². The van der Waals surface area contributed by atoms with E-state index < -0.39 is 18.5 Å². The van der Waals surface area contributed by atoms with Gasteiger partial charge in [-0.2, -0.15) is 0 Å². The Labute approximate surface area is 197 Å². The first kappa shape index (κ1) is 24.1. The molecule has 0 unspecified atom stereocenters. The van der Waals surface area contributed by atoms with Crippen LogP contribution in [0.4, 0.5) is 5.69 Å². The van der Waals surface area contributed by atoms with Gasteiger partial charge in [-0.1, -0.05) is 49.4 Å². The highest BCUT2D eigenvalue weighted by atomic mass is 32.1. The lowest BCUT2D eigenvalue weighted by Gasteiger charge is -2.18. The predicted molar refractivity (Wildman–Crippen MR) is 129 cm³/mol. The minimum atomic E-state index is -0.676. The number of benzene rings is 2. The summed E-state index contributed by atoms with van der Waals surface area (Å²) in [6.07, 6.45) is 0.950. The van der Waals surface area contributed by atoms with Crippen LogP contribution in [0, 0.1) is 13.8 Å². The molecular weight excluding hydrogens is 438 g/mol. The summed E-state index contributed by atoms with van der Waals surface area (Å²) in [5.41, 5.74) is 4.91. The molecule has 172 valence electrons. The van der Waals surface area contributed by atoms with Crippen LogP contribution in [0.15, 0.2) is 47.8 Å². The van der Waals surface area contributed by atoms with Gasteiger partial charge in [-0.05, 0) is 37.0 Å². The molecular formula is C25H27N3O4S. The molecule has 0 aliphatic heterocycles. The first-order chi connectivity index (χ1) is 15.8. The van der Waals surface area contributed by atoms with E-state index in [4.69, 9.17) is 4.74 Å². The van der Waals surface area contributed by atoms with Gasteiger partial charge in [0.15, 0.2) is 12.3 Å². The summed E-state index contributed by atoms with van der Waals surface area (Å²) in [4.78, 5) is 42.6. The Kier molecular flexibility index (Phi) is 7.95. The van der Waals surface area contributed by atoms with E-state index in [0.717, 1.165) is 28.8 Å². The standard InChI is InChI=1S/C25H27N3O4S/c1-5-18-9-11-19(12-10-18)24-26-20(15-33-24)25(31)32-14-22(30)28(4)13-21(29)27-23-16(2)7-6-8-17(23)3/h6-12,15H,5,13-14H2,1-4H3,(H,27,29). The van der Waals surface area contributed by atoms with E-state index in [9.17, 15) is 14.4 Å². The number of hydrogen-bond donors (Lipinski definition) is 1. The van der Waals surface area contributed by atoms with Crippen LogP contribution in [0.2, 0.25) is 0 Å². The van der Waals surface area contributed by atoms with Gasteiger partial charge in [0.05, 0.1) is 6.54 Å². The predicted octanol–water partition coefficient (Wildman–Crippen LogP) is 4.24. The summed E-state index contributed by atoms with van der Waals surface area (Å²) in [6.45, 7) is 5.27. The minimum Gasteiger partial charge on any atom is -0.451 e. The van der Waals surface area contributed by atoms with Crippen LogP contribution in [0.5, 0.6) is 0 Å². The average Bonchev–Trinajstić information content (AvgIpc) is 3.30. The summed E-state index contributed by atoms with van der Waals surface area (Å²) < 4.78 is 5.12. The van der Waals surface area contributed by atoms with E-state index in [-0.39, 0.29) is 18.1 Å². The molecule has 1 heterocycles. The molecule has 3 rings (SSSR count). The molecule has 0 bridgehead atoms. The number of rotatable bonds is 8. The first-order valence-electron chi connectivity index (χ1n) is 10.6. The van der Waals surface area contributed by atoms with Crippen molar-refractivity contribution in [3.63, 3.8) is 0 Å². The van der Waals surface area contributed by atoms with Crippen LogP contribution in [-0.2, 0) is 20.7 Å². The van der Waals surface area contributed by atoms with E-state index in [0.29, 0.717) is 5.01 Å². The quantitative estimate of drug-likeness (QED) is 0.503. The number of para-hydroxylation sites is 1. The van der Waals surface area contributed by atoms with Crippen molar-refractivity contribution in [2.24, 2.45) is 0 Å². The van der Waals surface area contributed by atoms with E-state index in [1.54, 1.807) is 5.38 Å². The first-order valence-corrected chi connectivity index (χ1v) is 11.5. The molecule has 0 aliphatic carbocycles. The summed E-state index contributed by atoms with van der Waals surface area (Å²) >= 11 is 1.34. The van der Waals surface area contributed by atoms with E-state index >= 15 is 0 Å². The number of anilines is 1. The average molecular weight is 466 g/mol. The van der Waals surface area contributed by atoms with Crippen molar-refractivity contribution >= 4 is 34.8 Å². The van der Waals surface area contributed by atoms with Gasteiger partial charge in [0.25, 0.3) is 5.91 Å². The number of likely N-dealkylation sites (N-methyl/N-ethyl adjacent to an activating group) is 1. The number of aromatic nitrogens is 1. The Morgan fingerprint density at radius 3 is 2.36 bits per heavy atom. The maximum absolute atomic E-state index is 12.3. The third kappa shape index (κ3) is 6.26. The second kappa shape index (κ2) is 10.9. The fraction of sp³-hybridized carbons (Fsp3) is 0.280. The summed E-state index contributed by atoms with van der Waals surface area (Å²) in [6, 6.07) is 13.7. The van der Waals surface area contributed by atoms with E-state index in [2.05, 4.69) is 17.2 Å². The molecule has 3 aromatic rings. The van der Waals surface area contributed by atoms with Crippen LogP contribution >= 0.6 is 11.3 Å². The van der Waals surface area contributed by atoms with Crippen molar-refractivity contribution < 1.29 is 19.1 Å². The lowest BCUT2D eigenvalue weighted by Crippen LogP contribution is -2.37. The molecule has 7 nitrogen and oxygen atoms in total. The summed E-state index contributed by atoms with van der Waals surface area (Å²) in [5, 5.41) is 5.14. The molecule has 1 aromatic heterocycles. The van der Waals surface area contributed by atoms with Crippen molar-refractivity contribution in [1.82, 2.24) is 9.88 Å². The number of thiazole rings is 1. The van der Waals surface area contributed by atoms with Gasteiger partial charge in [-0.15, -0.1) is 11.3 Å². The van der Waals surface area contributed by atoms with Crippen molar-refractivity contribution in [3.8, 4) is 10.6 Å². The minimum absolute atomic E-state index is 0.151. The monoisotopic (exact) mass is 465 g/mol. The highest BCUT2D eigenvalue weighted by Gasteiger charge is 2.18. The van der Waals surface area contributed by atoms with Gasteiger partial charge in [0, 0.05) is 23.7 Å². The largest absolute Gasteiger partial charge is 0.451 e. The number of carbonyl (C=O) groups excluding carboxylic acids is 3. The number of hydrogen-bond acceptors (Lipinski definition) is 6. The highest BCUT2D eigenvalue weighted by molar-refractivity contribution is 7.13. The molecule has 0 spiro atoms. The van der Waals surface area contributed by atoms with Gasteiger partial charge in [-0.25, -0.2) is 9.78 Å². The second-order valence-electron chi connectivity index (χ2n) is 7.73. The van der Waals surface area contributed by atoms with Crippen molar-refractivity contribution in [2.75, 3.05) is 25.5 Å². The Morgan fingerprint density at radius 1 is 1.06 bits per heavy atom. The van der Waals surface area contributed by atoms with Crippen LogP contribution in [0.25, 0.3) is 10.6 Å². The third-order valence-corrected chi connectivity index (χ3v) is 6.09. The lowest BCUT2D eigenvalue weighted by atomic mass is 10.1. The second-order valence-corrected chi connectivity index (χ2v) is 8.59. The van der Waals surface area contributed by atoms with E-state index in [1.165, 1.54) is 28.8 Å². The maximum atomic E-state index is 12.3. The molecule has 0 saturated carbocycles. The number of nitrogens with one attached hydrogen (secondary N) is 1. The summed E-state index contributed by atoms with van der Waals surface area (Å²) in [7, 11) is 1.49. The zero-order valence-electron chi connectivity index (χ0n) is 19.2. The molecule has 2 amide bonds. The smallest absolute Gasteiger partial charge is 0.358 e. The van der Waals surface area contributed by atoms with Crippen LogP contribution in [0.1, 0.15) is 34.1 Å². The van der Waals surface area contributed by atoms with E-state index in [1.807, 2.05) is 56.3 Å². The van der Waals surface area contributed by atoms with Gasteiger partial charge in [0.2, 0.25) is 5.91 Å². The number of amides is 2. The fourth-order valence-electron chi connectivity index (χ4n) is 3.19. The van der Waals surface area contributed by atoms with Crippen LogP contribution in [0.3, 0.4) is 0 Å². The van der Waals surface area contributed by atoms with Crippen molar-refractivity contribution in [3.05, 3.63) is 70.2 Å². The van der Waals surface area contributed by atoms with Crippen molar-refractivity contribution in [2.45, 2.75) is 27.2 Å². The molecule has 0 aliphatic rings. The number of nitrogens with zero attached hydrogens (tertiary/aromatic N) is 2. The number of aryl methyl sites for hydroxylation is 3. The Morgan fingerprint density at radius 2 is 1.73 bits per heavy atom. The maximum Gasteiger partial charge on any atom is 0.358 e. The van der Waals surface area contributed by atoms with Crippen LogP contribution < -0.4 is 5.32 Å². The third-order valence-electron chi connectivity index (χ3n) is 5.20. The summed E-state index contributed by atoms with van der Waals surface area (Å²) in [5.74, 6) is -1.48. The Bertz CT molecular complexity index is 1130. The SMILES string of the molecule is CCc1ccc(-c2nc(C(=O)OCC(=O)N(C)CC(=O)Nc3c(C)cccc3C)cs2)cc1. The molecule has 8 heteroatoms. The number of carbonyl (C=O) groups is 3. The normalized spacial score (nSPS) is 10.5. The molecule has 0 radical (unpaired) electrons. The fourth-order valence-corrected chi connectivity index (χ4v) is 3.98. The van der Waals surface area contributed by atoms with Crippen LogP contribution in [-0.4, -0.2) is 47.9 Å². The molecule has 0 atom stereocenters. The zero-order valence-corrected chi connectivity index (χ0v) is 20.0. The van der Waals surface area contributed by atoms with Gasteiger partial charge < -0.3 is 15.0 Å². The molecule has 33 heavy (non-hydrogen) atoms. The van der Waals surface area contributed by atoms with Gasteiger partial charge in [-0.3, -0.25) is 9.59 Å². The number of ether oxygens (including phenoxy) is 1. The topological polar surface area (TPSA) is 88.6 Å². The zero-order chi connectivity index (χ0) is 24.0. The number of esters is 1. The molecule has 0 fully saturated rings. The lowest BCUT2D eigenvalue weighted by molar-refractivity contribution is -0.136. The molecule has 2 aromatic carbocycles. The highest BCUT2D eigenvalue weighted by Crippen LogP contribution is 2.24. The Hall–Kier alpha value is -3.52. The Balaban J connectivity index is 1.51. The molecule has 0 saturated heterocycles. The van der Waals surface area contributed by atoms with Gasteiger partial charge >= 0.3 is 5.97 Å². The molecule has 1 N–H and O–H groups in total. The van der Waals surface area contributed by atoms with Gasteiger partial charge in [0.1, 0.15) is 5.01 Å².